The van der Waals surface area contributed by atoms with Gasteiger partial charge in [0.15, 0.2) is 0 Å². The zero-order valence-electron chi connectivity index (χ0n) is 16.2. The van der Waals surface area contributed by atoms with Crippen LogP contribution >= 0.6 is 0 Å². The van der Waals surface area contributed by atoms with Crippen LogP contribution in [0.25, 0.3) is 0 Å². The van der Waals surface area contributed by atoms with Crippen LogP contribution in [-0.2, 0) is 10.8 Å². The summed E-state index contributed by atoms with van der Waals surface area (Å²) in [4.78, 5) is 12.3. The highest BCUT2D eigenvalue weighted by Crippen LogP contribution is 2.54. The summed E-state index contributed by atoms with van der Waals surface area (Å²) in [6.07, 6.45) is 0.760. The fraction of sp³-hybridized carbons (Fsp3) is 0.409. The number of hydrogen-bond donors (Lipinski definition) is 2. The molecule has 2 aromatic rings. The number of carbonyl (C=O) groups excluding carboxylic acids is 1. The Morgan fingerprint density at radius 2 is 1.78 bits per heavy atom. The summed E-state index contributed by atoms with van der Waals surface area (Å²) >= 11 is 0. The topological polar surface area (TPSA) is 41.1 Å². The van der Waals surface area contributed by atoms with Gasteiger partial charge < -0.3 is 10.6 Å². The van der Waals surface area contributed by atoms with Crippen LogP contribution in [0.3, 0.4) is 0 Å². The molecule has 0 aliphatic heterocycles. The van der Waals surface area contributed by atoms with Gasteiger partial charge in [0.05, 0.1) is 0 Å². The van der Waals surface area contributed by atoms with Gasteiger partial charge in [-0.3, -0.25) is 0 Å². The minimum absolute atomic E-state index is 0.0501. The number of carbonyl (C=O) groups is 1. The number of anilines is 1. The third kappa shape index (κ3) is 4.12. The number of rotatable bonds is 4. The average Bonchev–Trinajstić information content (AvgIpc) is 3.23. The summed E-state index contributed by atoms with van der Waals surface area (Å²) in [6, 6.07) is 11.0. The van der Waals surface area contributed by atoms with Gasteiger partial charge >= 0.3 is 6.03 Å². The third-order valence-electron chi connectivity index (χ3n) is 5.49. The second kappa shape index (κ2) is 6.95. The predicted octanol–water partition coefficient (Wildman–Crippen LogP) is 5.36. The molecule has 0 saturated heterocycles. The second-order valence-electron chi connectivity index (χ2n) is 8.52. The summed E-state index contributed by atoms with van der Waals surface area (Å²) in [5, 5.41) is 5.65. The molecule has 2 unspecified atom stereocenters. The average molecular weight is 372 g/mol. The maximum atomic E-state index is 14.2. The first-order valence-corrected chi connectivity index (χ1v) is 9.23. The molecule has 5 heteroatoms. The van der Waals surface area contributed by atoms with E-state index >= 15 is 0 Å². The molecule has 2 N–H and O–H groups in total. The zero-order valence-corrected chi connectivity index (χ0v) is 16.2. The van der Waals surface area contributed by atoms with Crippen molar-refractivity contribution in [2.75, 3.05) is 11.9 Å². The SMILES string of the molecule is CC1CC1(CNC(=O)Nc1ccc(C(C)(C)C)cc1)c1ccc(F)cc1F. The van der Waals surface area contributed by atoms with Crippen LogP contribution < -0.4 is 10.6 Å². The number of hydrogen-bond acceptors (Lipinski definition) is 1. The van der Waals surface area contributed by atoms with E-state index in [4.69, 9.17) is 0 Å². The third-order valence-corrected chi connectivity index (χ3v) is 5.49. The Kier molecular flexibility index (Phi) is 4.98. The van der Waals surface area contributed by atoms with E-state index in [1.165, 1.54) is 17.7 Å². The number of benzene rings is 2. The second-order valence-corrected chi connectivity index (χ2v) is 8.52. The predicted molar refractivity (Wildman–Crippen MR) is 104 cm³/mol. The largest absolute Gasteiger partial charge is 0.337 e. The highest BCUT2D eigenvalue weighted by molar-refractivity contribution is 5.89. The standard InChI is InChI=1S/C22H26F2N2O/c1-14-12-22(14,18-10-7-16(23)11-19(18)24)13-25-20(27)26-17-8-5-15(6-9-17)21(2,3)4/h5-11,14H,12-13H2,1-4H3,(H2,25,26,27). The first-order chi connectivity index (χ1) is 12.6. The summed E-state index contributed by atoms with van der Waals surface area (Å²) in [6.45, 7) is 8.71. The quantitative estimate of drug-likeness (QED) is 0.745. The molecule has 1 aliphatic carbocycles. The Morgan fingerprint density at radius 1 is 1.15 bits per heavy atom. The van der Waals surface area contributed by atoms with Crippen molar-refractivity contribution >= 4 is 11.7 Å². The summed E-state index contributed by atoms with van der Waals surface area (Å²) in [5.74, 6) is -0.924. The fourth-order valence-electron chi connectivity index (χ4n) is 3.56. The van der Waals surface area contributed by atoms with Crippen molar-refractivity contribution in [3.63, 3.8) is 0 Å². The van der Waals surface area contributed by atoms with E-state index in [0.29, 0.717) is 17.8 Å². The van der Waals surface area contributed by atoms with Crippen molar-refractivity contribution in [3.05, 3.63) is 65.2 Å². The van der Waals surface area contributed by atoms with E-state index in [1.807, 2.05) is 31.2 Å². The molecule has 2 atom stereocenters. The van der Waals surface area contributed by atoms with Crippen LogP contribution in [-0.4, -0.2) is 12.6 Å². The molecule has 1 saturated carbocycles. The highest BCUT2D eigenvalue weighted by atomic mass is 19.1. The van der Waals surface area contributed by atoms with E-state index in [9.17, 15) is 13.6 Å². The van der Waals surface area contributed by atoms with Crippen LogP contribution in [0.15, 0.2) is 42.5 Å². The van der Waals surface area contributed by atoms with Crippen LogP contribution in [0.1, 0.15) is 45.2 Å². The van der Waals surface area contributed by atoms with Crippen molar-refractivity contribution in [1.29, 1.82) is 0 Å². The Balaban J connectivity index is 1.63. The number of urea groups is 1. The van der Waals surface area contributed by atoms with Gasteiger partial charge in [0.25, 0.3) is 0 Å². The molecule has 0 aromatic heterocycles. The van der Waals surface area contributed by atoms with Gasteiger partial charge in [0.1, 0.15) is 11.6 Å². The molecule has 1 fully saturated rings. The van der Waals surface area contributed by atoms with Gasteiger partial charge in [-0.25, -0.2) is 13.6 Å². The highest BCUT2D eigenvalue weighted by Gasteiger charge is 2.53. The lowest BCUT2D eigenvalue weighted by atomic mass is 9.87. The maximum absolute atomic E-state index is 14.2. The zero-order chi connectivity index (χ0) is 19.8. The minimum Gasteiger partial charge on any atom is -0.337 e. The van der Waals surface area contributed by atoms with Crippen molar-refractivity contribution in [2.24, 2.45) is 5.92 Å². The van der Waals surface area contributed by atoms with Crippen molar-refractivity contribution in [3.8, 4) is 0 Å². The van der Waals surface area contributed by atoms with Crippen LogP contribution in [0.4, 0.5) is 19.3 Å². The lowest BCUT2D eigenvalue weighted by Crippen LogP contribution is -2.36. The Bertz CT molecular complexity index is 842. The molecule has 2 aromatic carbocycles. The van der Waals surface area contributed by atoms with E-state index in [1.54, 1.807) is 0 Å². The lowest BCUT2D eigenvalue weighted by Gasteiger charge is -2.20. The van der Waals surface area contributed by atoms with E-state index in [-0.39, 0.29) is 17.4 Å². The molecule has 3 rings (SSSR count). The molecular weight excluding hydrogens is 346 g/mol. The Hall–Kier alpha value is -2.43. The van der Waals surface area contributed by atoms with Crippen LogP contribution in [0.5, 0.6) is 0 Å². The van der Waals surface area contributed by atoms with Crippen molar-refractivity contribution < 1.29 is 13.6 Å². The van der Waals surface area contributed by atoms with E-state index < -0.39 is 17.0 Å². The number of nitrogens with one attached hydrogen (secondary N) is 2. The van der Waals surface area contributed by atoms with Crippen LogP contribution in [0, 0.1) is 17.6 Å². The molecule has 144 valence electrons. The maximum Gasteiger partial charge on any atom is 0.319 e. The Labute approximate surface area is 159 Å². The van der Waals surface area contributed by atoms with E-state index in [0.717, 1.165) is 12.5 Å². The fourth-order valence-corrected chi connectivity index (χ4v) is 3.56. The summed E-state index contributed by atoms with van der Waals surface area (Å²) in [7, 11) is 0. The smallest absolute Gasteiger partial charge is 0.319 e. The van der Waals surface area contributed by atoms with Gasteiger partial charge in [0.2, 0.25) is 0 Å². The van der Waals surface area contributed by atoms with E-state index in [2.05, 4.69) is 31.4 Å². The van der Waals surface area contributed by atoms with Crippen LogP contribution in [0.2, 0.25) is 0 Å². The van der Waals surface area contributed by atoms with Crippen molar-refractivity contribution in [2.45, 2.75) is 44.9 Å². The first-order valence-electron chi connectivity index (χ1n) is 9.23. The normalized spacial score (nSPS) is 21.6. The van der Waals surface area contributed by atoms with Gasteiger partial charge in [-0.15, -0.1) is 0 Å². The lowest BCUT2D eigenvalue weighted by molar-refractivity contribution is 0.250. The Morgan fingerprint density at radius 3 is 2.30 bits per heavy atom. The van der Waals surface area contributed by atoms with Gasteiger partial charge in [-0.05, 0) is 47.1 Å². The monoisotopic (exact) mass is 372 g/mol. The molecule has 1 aliphatic rings. The molecule has 0 spiro atoms. The molecule has 0 heterocycles. The first kappa shape index (κ1) is 19.3. The van der Waals surface area contributed by atoms with Crippen molar-refractivity contribution in [1.82, 2.24) is 5.32 Å². The molecule has 0 radical (unpaired) electrons. The molecule has 2 amide bonds. The molecule has 0 bridgehead atoms. The van der Waals surface area contributed by atoms with Gasteiger partial charge in [-0.1, -0.05) is 45.9 Å². The number of halogens is 2. The van der Waals surface area contributed by atoms with Gasteiger partial charge in [-0.2, -0.15) is 0 Å². The van der Waals surface area contributed by atoms with Gasteiger partial charge in [0, 0.05) is 23.7 Å². The summed E-state index contributed by atoms with van der Waals surface area (Å²) < 4.78 is 27.4. The number of amides is 2. The molecule has 3 nitrogen and oxygen atoms in total. The summed E-state index contributed by atoms with van der Waals surface area (Å²) in [5.41, 5.74) is 1.93. The molecular formula is C22H26F2N2O. The minimum atomic E-state index is -0.593. The molecule has 27 heavy (non-hydrogen) atoms.